The van der Waals surface area contributed by atoms with E-state index in [1.54, 1.807) is 14.1 Å². The highest BCUT2D eigenvalue weighted by Crippen LogP contribution is 2.20. The molecule has 2 rings (SSSR count). The van der Waals surface area contributed by atoms with Crippen LogP contribution in [0.15, 0.2) is 18.2 Å². The van der Waals surface area contributed by atoms with E-state index in [0.29, 0.717) is 0 Å². The van der Waals surface area contributed by atoms with E-state index in [9.17, 15) is 9.59 Å². The van der Waals surface area contributed by atoms with Crippen molar-refractivity contribution in [1.82, 2.24) is 9.80 Å². The van der Waals surface area contributed by atoms with Gasteiger partial charge in [0.1, 0.15) is 0 Å². The van der Waals surface area contributed by atoms with Gasteiger partial charge < -0.3 is 10.6 Å². The number of nitrogens with two attached hydrogens (primary N) is 1. The molecule has 6 heteroatoms. The molecule has 0 aromatic rings. The van der Waals surface area contributed by atoms with Gasteiger partial charge in [-0.2, -0.15) is 0 Å². The van der Waals surface area contributed by atoms with E-state index < -0.39 is 12.1 Å². The summed E-state index contributed by atoms with van der Waals surface area (Å²) in [6.45, 7) is 0. The Bertz CT molecular complexity index is 542. The molecule has 2 aliphatic carbocycles. The molecule has 2 N–H and O–H groups in total. The minimum Gasteiger partial charge on any atom is -0.351 e. The lowest BCUT2D eigenvalue weighted by atomic mass is 10.1. The van der Waals surface area contributed by atoms with Gasteiger partial charge in [0.15, 0.2) is 0 Å². The van der Waals surface area contributed by atoms with Crippen molar-refractivity contribution in [1.29, 1.82) is 0 Å². The molecule has 0 aromatic heterocycles. The molecule has 17 heavy (non-hydrogen) atoms. The Labute approximate surface area is 104 Å². The zero-order valence-electron chi connectivity index (χ0n) is 9.90. The first-order valence-electron chi connectivity index (χ1n) is 4.89. The van der Waals surface area contributed by atoms with Crippen LogP contribution in [0, 0.1) is 10.4 Å². The molecule has 0 heterocycles. The maximum absolute atomic E-state index is 10.8. The number of hydrogen-bond acceptors (Lipinski definition) is 2. The van der Waals surface area contributed by atoms with E-state index in [1.807, 2.05) is 12.1 Å². The van der Waals surface area contributed by atoms with Gasteiger partial charge >= 0.3 is 12.1 Å². The second-order valence-corrected chi connectivity index (χ2v) is 4.18. The molecular weight excluding hydrogens is 242 g/mol. The highest BCUT2D eigenvalue weighted by Gasteiger charge is 2.14. The number of nitrogens with zero attached hydrogens (tertiary/aromatic N) is 2. The largest absolute Gasteiger partial charge is 0.351 e. The van der Waals surface area contributed by atoms with Crippen molar-refractivity contribution in [3.63, 3.8) is 0 Å². The van der Waals surface area contributed by atoms with Gasteiger partial charge in [0, 0.05) is 31.4 Å². The number of benzene rings is 1. The van der Waals surface area contributed by atoms with Crippen LogP contribution in [0.3, 0.4) is 0 Å². The monoisotopic (exact) mass is 255 g/mol. The van der Waals surface area contributed by atoms with E-state index >= 15 is 0 Å². The third-order valence-electron chi connectivity index (χ3n) is 2.28. The van der Waals surface area contributed by atoms with Crippen LogP contribution in [0.4, 0.5) is 9.59 Å². The standard InChI is InChI=1S/C6H3Cl.C5H11N3O2/c7-6-3-4-1-2-5(4)6;1-7(2)5(10)8(3)4(6)9/h1-3H;1-3H3,(H2,6,9). The number of hydrogen-bond donors (Lipinski definition) is 1. The Morgan fingerprint density at radius 3 is 1.88 bits per heavy atom. The molecule has 0 radical (unpaired) electrons. The zero-order valence-corrected chi connectivity index (χ0v) is 10.7. The Balaban J connectivity index is 0.000000177. The SMILES string of the molecule is CN(C)C(=O)N(C)C(N)=O.Clc1cc2ccc1=2. The van der Waals surface area contributed by atoms with E-state index in [4.69, 9.17) is 17.3 Å². The van der Waals surface area contributed by atoms with Crippen molar-refractivity contribution in [2.24, 2.45) is 5.73 Å². The fourth-order valence-corrected chi connectivity index (χ4v) is 1.43. The van der Waals surface area contributed by atoms with Crippen molar-refractivity contribution >= 4 is 23.7 Å². The highest BCUT2D eigenvalue weighted by atomic mass is 35.5. The summed E-state index contributed by atoms with van der Waals surface area (Å²) in [6, 6.07) is 4.88. The Morgan fingerprint density at radius 2 is 1.82 bits per heavy atom. The summed E-state index contributed by atoms with van der Waals surface area (Å²) in [5.41, 5.74) is 4.81. The predicted molar refractivity (Wildman–Crippen MR) is 65.6 cm³/mol. The molecule has 2 aliphatic rings. The van der Waals surface area contributed by atoms with Crippen molar-refractivity contribution in [3.05, 3.63) is 33.7 Å². The molecule has 4 amide bonds. The van der Waals surface area contributed by atoms with Crippen LogP contribution in [-0.4, -0.2) is 43.0 Å². The number of carbonyl (C=O) groups is 2. The fraction of sp³-hybridized carbons (Fsp3) is 0.273. The average Bonchev–Trinajstić information content (AvgIpc) is 2.23. The molecular formula is C11H14ClN3O2. The zero-order chi connectivity index (χ0) is 13.2. The summed E-state index contributed by atoms with van der Waals surface area (Å²) in [5.74, 6) is 0. The number of carbonyl (C=O) groups excluding carboxylic acids is 2. The van der Waals surface area contributed by atoms with Crippen molar-refractivity contribution < 1.29 is 9.59 Å². The number of imide groups is 1. The van der Waals surface area contributed by atoms with Gasteiger partial charge in [0.25, 0.3) is 0 Å². The van der Waals surface area contributed by atoms with E-state index in [1.165, 1.54) is 22.4 Å². The number of urea groups is 2. The molecule has 0 spiro atoms. The first-order valence-corrected chi connectivity index (χ1v) is 5.26. The first-order chi connectivity index (χ1) is 7.84. The second-order valence-electron chi connectivity index (χ2n) is 3.77. The quantitative estimate of drug-likeness (QED) is 0.777. The molecule has 0 fully saturated rings. The van der Waals surface area contributed by atoms with Crippen LogP contribution in [0.1, 0.15) is 0 Å². The van der Waals surface area contributed by atoms with Crippen molar-refractivity contribution in [3.8, 4) is 0 Å². The number of halogens is 1. The van der Waals surface area contributed by atoms with Gasteiger partial charge in [-0.1, -0.05) is 23.7 Å². The van der Waals surface area contributed by atoms with E-state index in [-0.39, 0.29) is 0 Å². The number of primary amides is 1. The van der Waals surface area contributed by atoms with Gasteiger partial charge in [0.05, 0.1) is 0 Å². The summed E-state index contributed by atoms with van der Waals surface area (Å²) in [5, 5.41) is 3.46. The third kappa shape index (κ3) is 2.88. The summed E-state index contributed by atoms with van der Waals surface area (Å²) in [4.78, 5) is 23.3. The van der Waals surface area contributed by atoms with Crippen LogP contribution < -0.4 is 5.73 Å². The fourth-order valence-electron chi connectivity index (χ4n) is 1.14. The van der Waals surface area contributed by atoms with E-state index in [2.05, 4.69) is 6.07 Å². The maximum atomic E-state index is 10.8. The summed E-state index contributed by atoms with van der Waals surface area (Å²) < 4.78 is 0. The van der Waals surface area contributed by atoms with Crippen molar-refractivity contribution in [2.45, 2.75) is 0 Å². The van der Waals surface area contributed by atoms with Gasteiger partial charge in [-0.15, -0.1) is 0 Å². The van der Waals surface area contributed by atoms with E-state index in [0.717, 1.165) is 9.92 Å². The molecule has 0 unspecified atom stereocenters. The first kappa shape index (κ1) is 13.3. The molecule has 0 aliphatic heterocycles. The second kappa shape index (κ2) is 5.05. The Morgan fingerprint density at radius 1 is 1.24 bits per heavy atom. The smallest absolute Gasteiger partial charge is 0.327 e. The normalized spacial score (nSPS) is 9.88. The lowest BCUT2D eigenvalue weighted by Crippen LogP contribution is -2.43. The molecule has 92 valence electrons. The minimum absolute atomic E-state index is 0.424. The third-order valence-corrected chi connectivity index (χ3v) is 2.59. The summed E-state index contributed by atoms with van der Waals surface area (Å²) >= 11 is 5.60. The predicted octanol–water partition coefficient (Wildman–Crippen LogP) is 1.62. The topological polar surface area (TPSA) is 66.6 Å². The summed E-state index contributed by atoms with van der Waals surface area (Å²) in [6.07, 6.45) is 0. The average molecular weight is 256 g/mol. The molecule has 0 aromatic carbocycles. The van der Waals surface area contributed by atoms with Crippen LogP contribution in [0.25, 0.3) is 0 Å². The molecule has 0 saturated carbocycles. The van der Waals surface area contributed by atoms with Crippen molar-refractivity contribution in [2.75, 3.05) is 21.1 Å². The molecule has 5 nitrogen and oxygen atoms in total. The lowest BCUT2D eigenvalue weighted by molar-refractivity contribution is 0.180. The van der Waals surface area contributed by atoms with Gasteiger partial charge in [0.2, 0.25) is 0 Å². The van der Waals surface area contributed by atoms with Gasteiger partial charge in [-0.3, -0.25) is 0 Å². The van der Waals surface area contributed by atoms with Crippen LogP contribution >= 0.6 is 11.6 Å². The maximum Gasteiger partial charge on any atom is 0.327 e. The van der Waals surface area contributed by atoms with Crippen LogP contribution in [0.2, 0.25) is 5.02 Å². The lowest BCUT2D eigenvalue weighted by Gasteiger charge is -2.17. The van der Waals surface area contributed by atoms with Gasteiger partial charge in [-0.05, 0) is 11.3 Å². The van der Waals surface area contributed by atoms with Crippen LogP contribution in [0.5, 0.6) is 0 Å². The summed E-state index contributed by atoms with van der Waals surface area (Å²) in [7, 11) is 4.41. The van der Waals surface area contributed by atoms with Gasteiger partial charge in [-0.25, -0.2) is 14.5 Å². The Hall–Kier alpha value is -1.75. The Kier molecular flexibility index (Phi) is 3.96. The molecule has 0 bridgehead atoms. The number of amides is 4. The van der Waals surface area contributed by atoms with Crippen LogP contribution in [-0.2, 0) is 0 Å². The molecule has 0 atom stereocenters. The number of rotatable bonds is 0. The minimum atomic E-state index is -0.751. The highest BCUT2D eigenvalue weighted by molar-refractivity contribution is 6.31. The molecule has 0 saturated heterocycles.